The molecular weight excluding hydrogens is 238 g/mol. The van der Waals surface area contributed by atoms with Crippen molar-refractivity contribution in [3.8, 4) is 0 Å². The van der Waals surface area contributed by atoms with Crippen LogP contribution in [0.4, 0.5) is 4.79 Å². The predicted octanol–water partition coefficient (Wildman–Crippen LogP) is 3.95. The molecule has 0 aromatic carbocycles. The summed E-state index contributed by atoms with van der Waals surface area (Å²) in [5.41, 5.74) is 8.43. The molecule has 0 aromatic rings. The van der Waals surface area contributed by atoms with Crippen LogP contribution in [0.2, 0.25) is 0 Å². The van der Waals surface area contributed by atoms with Gasteiger partial charge in [-0.15, -0.1) is 0 Å². The molecule has 0 bridgehead atoms. The second-order valence-corrected chi connectivity index (χ2v) is 5.69. The number of urea groups is 1. The van der Waals surface area contributed by atoms with Gasteiger partial charge in [0.05, 0.1) is 0 Å². The molecule has 0 spiro atoms. The molecule has 0 aromatic heterocycles. The van der Waals surface area contributed by atoms with E-state index in [-0.39, 0.29) is 0 Å². The van der Waals surface area contributed by atoms with Gasteiger partial charge >= 0.3 is 6.03 Å². The number of primary amides is 1. The topological polar surface area (TPSA) is 67.5 Å². The van der Waals surface area contributed by atoms with Gasteiger partial charge in [0, 0.05) is 5.71 Å². The molecule has 19 heavy (non-hydrogen) atoms. The van der Waals surface area contributed by atoms with Crippen molar-refractivity contribution in [2.45, 2.75) is 77.6 Å². The van der Waals surface area contributed by atoms with Crippen molar-refractivity contribution in [3.05, 3.63) is 0 Å². The highest BCUT2D eigenvalue weighted by atomic mass is 16.2. The summed E-state index contributed by atoms with van der Waals surface area (Å²) in [6.07, 6.45) is 14.5. The van der Waals surface area contributed by atoms with Gasteiger partial charge in [-0.3, -0.25) is 0 Å². The van der Waals surface area contributed by atoms with E-state index in [1.54, 1.807) is 0 Å². The van der Waals surface area contributed by atoms with Crippen LogP contribution in [0.1, 0.15) is 77.6 Å². The van der Waals surface area contributed by atoms with Crippen molar-refractivity contribution in [2.75, 3.05) is 0 Å². The van der Waals surface area contributed by atoms with Crippen LogP contribution in [0, 0.1) is 5.92 Å². The molecule has 0 saturated heterocycles. The third-order valence-electron chi connectivity index (χ3n) is 4.04. The quantitative estimate of drug-likeness (QED) is 0.577. The maximum absolute atomic E-state index is 10.7. The van der Waals surface area contributed by atoms with Crippen LogP contribution in [0.3, 0.4) is 0 Å². The average molecular weight is 267 g/mol. The number of hydrogen-bond acceptors (Lipinski definition) is 2. The number of carbonyl (C=O) groups excluding carboxylic acids is 1. The lowest BCUT2D eigenvalue weighted by Gasteiger charge is -2.17. The van der Waals surface area contributed by atoms with E-state index in [2.05, 4.69) is 10.5 Å². The van der Waals surface area contributed by atoms with Crippen LogP contribution in [-0.4, -0.2) is 11.7 Å². The van der Waals surface area contributed by atoms with Gasteiger partial charge in [-0.05, 0) is 25.7 Å². The van der Waals surface area contributed by atoms with E-state index < -0.39 is 6.03 Å². The minimum Gasteiger partial charge on any atom is -0.350 e. The lowest BCUT2D eigenvalue weighted by molar-refractivity contribution is 0.249. The zero-order valence-electron chi connectivity index (χ0n) is 12.3. The Bertz CT molecular complexity index is 277. The van der Waals surface area contributed by atoms with E-state index >= 15 is 0 Å². The van der Waals surface area contributed by atoms with Gasteiger partial charge < -0.3 is 5.73 Å². The van der Waals surface area contributed by atoms with Crippen molar-refractivity contribution in [3.63, 3.8) is 0 Å². The molecule has 2 amide bonds. The van der Waals surface area contributed by atoms with Gasteiger partial charge in [0.15, 0.2) is 0 Å². The number of hydrogen-bond donors (Lipinski definition) is 2. The largest absolute Gasteiger partial charge is 0.350 e. The summed E-state index contributed by atoms with van der Waals surface area (Å²) in [5, 5.41) is 4.11. The zero-order chi connectivity index (χ0) is 13.9. The number of amides is 2. The number of hydrazone groups is 1. The normalized spacial score (nSPS) is 21.2. The van der Waals surface area contributed by atoms with Gasteiger partial charge in [0.25, 0.3) is 0 Å². The standard InChI is InChI=1S/C15H29N3O/c1-13(17-18-15(16)19)14-11-9-7-5-3-2-4-6-8-10-12-14/h14H,2-12H2,1H3,(H3,16,18,19)/b17-13+. The summed E-state index contributed by atoms with van der Waals surface area (Å²) in [6.45, 7) is 2.01. The first kappa shape index (κ1) is 16.0. The van der Waals surface area contributed by atoms with Gasteiger partial charge in [-0.1, -0.05) is 57.8 Å². The molecule has 1 rings (SSSR count). The van der Waals surface area contributed by atoms with Crippen LogP contribution in [-0.2, 0) is 0 Å². The molecule has 4 nitrogen and oxygen atoms in total. The summed E-state index contributed by atoms with van der Waals surface area (Å²) < 4.78 is 0. The number of nitrogens with one attached hydrogen (secondary N) is 1. The van der Waals surface area contributed by atoms with Crippen molar-refractivity contribution < 1.29 is 4.79 Å². The Morgan fingerprint density at radius 2 is 1.37 bits per heavy atom. The van der Waals surface area contributed by atoms with E-state index in [1.165, 1.54) is 70.6 Å². The maximum atomic E-state index is 10.7. The first-order chi connectivity index (χ1) is 9.20. The minimum absolute atomic E-state index is 0.506. The molecule has 0 unspecified atom stereocenters. The Balaban J connectivity index is 2.45. The smallest absolute Gasteiger partial charge is 0.332 e. The summed E-state index contributed by atoms with van der Waals surface area (Å²) >= 11 is 0. The molecule has 1 saturated carbocycles. The Hall–Kier alpha value is -1.06. The molecule has 110 valence electrons. The zero-order valence-corrected chi connectivity index (χ0v) is 12.3. The molecule has 0 atom stereocenters. The Kier molecular flexibility index (Phi) is 8.26. The molecule has 4 heteroatoms. The van der Waals surface area contributed by atoms with Gasteiger partial charge in [0.2, 0.25) is 0 Å². The van der Waals surface area contributed by atoms with Crippen LogP contribution >= 0.6 is 0 Å². The molecule has 1 aliphatic rings. The average Bonchev–Trinajstić information content (AvgIpc) is 2.36. The molecule has 0 aliphatic heterocycles. The molecule has 0 heterocycles. The third-order valence-corrected chi connectivity index (χ3v) is 4.04. The van der Waals surface area contributed by atoms with E-state index in [0.29, 0.717) is 5.92 Å². The first-order valence-corrected chi connectivity index (χ1v) is 7.80. The van der Waals surface area contributed by atoms with Crippen LogP contribution in [0.25, 0.3) is 0 Å². The van der Waals surface area contributed by atoms with E-state index in [1.807, 2.05) is 6.92 Å². The molecule has 0 radical (unpaired) electrons. The number of nitrogens with zero attached hydrogens (tertiary/aromatic N) is 1. The molecule has 3 N–H and O–H groups in total. The first-order valence-electron chi connectivity index (χ1n) is 7.80. The van der Waals surface area contributed by atoms with Crippen molar-refractivity contribution in [1.29, 1.82) is 0 Å². The second kappa shape index (κ2) is 9.82. The highest BCUT2D eigenvalue weighted by Crippen LogP contribution is 2.22. The lowest BCUT2D eigenvalue weighted by atomic mass is 9.90. The van der Waals surface area contributed by atoms with Crippen molar-refractivity contribution >= 4 is 11.7 Å². The lowest BCUT2D eigenvalue weighted by Crippen LogP contribution is -2.27. The van der Waals surface area contributed by atoms with E-state index in [9.17, 15) is 4.79 Å². The van der Waals surface area contributed by atoms with Gasteiger partial charge in [0.1, 0.15) is 0 Å². The monoisotopic (exact) mass is 267 g/mol. The maximum Gasteiger partial charge on any atom is 0.332 e. The van der Waals surface area contributed by atoms with E-state index in [0.717, 1.165) is 5.71 Å². The SMILES string of the molecule is C/C(=N\NC(N)=O)C1CCCCCCCCCCC1. The highest BCUT2D eigenvalue weighted by molar-refractivity contribution is 5.85. The van der Waals surface area contributed by atoms with Gasteiger partial charge in [-0.25, -0.2) is 10.2 Å². The number of rotatable bonds is 2. The Morgan fingerprint density at radius 1 is 0.947 bits per heavy atom. The van der Waals surface area contributed by atoms with Gasteiger partial charge in [-0.2, -0.15) is 5.10 Å². The second-order valence-electron chi connectivity index (χ2n) is 5.69. The fourth-order valence-electron chi connectivity index (χ4n) is 2.82. The number of carbonyl (C=O) groups is 1. The van der Waals surface area contributed by atoms with E-state index in [4.69, 9.17) is 5.73 Å². The summed E-state index contributed by atoms with van der Waals surface area (Å²) in [6, 6.07) is -0.576. The summed E-state index contributed by atoms with van der Waals surface area (Å²) in [7, 11) is 0. The summed E-state index contributed by atoms with van der Waals surface area (Å²) in [5.74, 6) is 0.506. The third kappa shape index (κ3) is 7.85. The highest BCUT2D eigenvalue weighted by Gasteiger charge is 2.13. The minimum atomic E-state index is -0.576. The van der Waals surface area contributed by atoms with Crippen LogP contribution in [0.15, 0.2) is 5.10 Å². The molecular formula is C15H29N3O. The van der Waals surface area contributed by atoms with Crippen LogP contribution < -0.4 is 11.2 Å². The fourth-order valence-corrected chi connectivity index (χ4v) is 2.82. The predicted molar refractivity (Wildman–Crippen MR) is 80.1 cm³/mol. The van der Waals surface area contributed by atoms with Crippen LogP contribution in [0.5, 0.6) is 0 Å². The van der Waals surface area contributed by atoms with Crippen molar-refractivity contribution in [2.24, 2.45) is 16.8 Å². The Labute approximate surface area is 117 Å². The Morgan fingerprint density at radius 3 is 1.79 bits per heavy atom. The fraction of sp³-hybridized carbons (Fsp3) is 0.867. The number of nitrogens with two attached hydrogens (primary N) is 1. The molecule has 1 fully saturated rings. The summed E-state index contributed by atoms with van der Waals surface area (Å²) in [4.78, 5) is 10.7. The molecule has 1 aliphatic carbocycles. The van der Waals surface area contributed by atoms with Crippen molar-refractivity contribution in [1.82, 2.24) is 5.43 Å².